The summed E-state index contributed by atoms with van der Waals surface area (Å²) in [4.78, 5) is 39.8. The molecule has 252 valence electrons. The molecule has 0 saturated carbocycles. The first-order valence-corrected chi connectivity index (χ1v) is 16.8. The molecule has 2 amide bonds. The second-order valence-corrected chi connectivity index (χ2v) is 12.7. The van der Waals surface area contributed by atoms with Gasteiger partial charge in [0, 0.05) is 68.7 Å². The number of nitrogens with zero attached hydrogens (tertiary/aromatic N) is 3. The van der Waals surface area contributed by atoms with Crippen LogP contribution in [0, 0.1) is 6.92 Å². The number of fused-ring (bicyclic) bond motifs is 1. The van der Waals surface area contributed by atoms with E-state index in [2.05, 4.69) is 15.2 Å². The number of amides is 2. The Morgan fingerprint density at radius 1 is 1.08 bits per heavy atom. The monoisotopic (exact) mass is 712 g/mol. The lowest BCUT2D eigenvalue weighted by molar-refractivity contribution is -0.150. The maximum Gasteiger partial charge on any atom is 0.414 e. The van der Waals surface area contributed by atoms with Gasteiger partial charge in [0.25, 0.3) is 5.91 Å². The molecule has 0 bridgehead atoms. The van der Waals surface area contributed by atoms with E-state index in [9.17, 15) is 19.5 Å². The zero-order chi connectivity index (χ0) is 34.2. The summed E-state index contributed by atoms with van der Waals surface area (Å²) < 4.78 is 17.5. The molecule has 4 aromatic rings. The van der Waals surface area contributed by atoms with Crippen LogP contribution in [0.4, 0.5) is 10.5 Å². The second-order valence-electron chi connectivity index (χ2n) is 10.8. The average Bonchev–Trinajstić information content (AvgIpc) is 3.56. The van der Waals surface area contributed by atoms with E-state index in [4.69, 9.17) is 32.7 Å². The number of halogens is 2. The van der Waals surface area contributed by atoms with Crippen LogP contribution in [0.25, 0.3) is 11.1 Å². The van der Waals surface area contributed by atoms with Gasteiger partial charge < -0.3 is 24.6 Å². The highest BCUT2D eigenvalue weighted by Gasteiger charge is 2.27. The Bertz CT molecular complexity index is 1800. The van der Waals surface area contributed by atoms with Gasteiger partial charge in [-0.05, 0) is 48.9 Å². The number of anilines is 1. The summed E-state index contributed by atoms with van der Waals surface area (Å²) in [7, 11) is 1.19. The van der Waals surface area contributed by atoms with Crippen LogP contribution in [0.15, 0.2) is 71.9 Å². The van der Waals surface area contributed by atoms with Crippen LogP contribution in [0.2, 0.25) is 10.0 Å². The van der Waals surface area contributed by atoms with Crippen molar-refractivity contribution in [3.63, 3.8) is 0 Å². The minimum Gasteiger partial charge on any atom is -0.490 e. The first kappa shape index (κ1) is 35.1. The van der Waals surface area contributed by atoms with Gasteiger partial charge in [0.15, 0.2) is 6.10 Å². The Hall–Kier alpha value is -4.23. The van der Waals surface area contributed by atoms with Gasteiger partial charge in [-0.1, -0.05) is 41.4 Å². The lowest BCUT2D eigenvalue weighted by Crippen LogP contribution is -2.36. The second kappa shape index (κ2) is 16.2. The van der Waals surface area contributed by atoms with Crippen LogP contribution in [0.5, 0.6) is 5.75 Å². The molecule has 3 aromatic carbocycles. The smallest absolute Gasteiger partial charge is 0.414 e. The fourth-order valence-corrected chi connectivity index (χ4v) is 6.54. The van der Waals surface area contributed by atoms with Crippen LogP contribution in [0.1, 0.15) is 27.9 Å². The normalized spacial score (nSPS) is 13.0. The SMILES string of the molecule is COC(=O)[C@@H](O)CCNC(=O)c1ccc(Cl)c(Cn2cc(-c3cccc4c3SCCN4C(=O)OCCOc3cccc(Cl)c3C)cn2)c1. The third-order valence-corrected chi connectivity index (χ3v) is 9.49. The van der Waals surface area contributed by atoms with E-state index in [1.807, 2.05) is 43.5 Å². The molecule has 2 heterocycles. The lowest BCUT2D eigenvalue weighted by atomic mass is 10.1. The van der Waals surface area contributed by atoms with E-state index in [0.29, 0.717) is 45.8 Å². The molecular weight excluding hydrogens is 679 g/mol. The number of esters is 1. The molecule has 0 aliphatic carbocycles. The van der Waals surface area contributed by atoms with Gasteiger partial charge in [-0.15, -0.1) is 11.8 Å². The van der Waals surface area contributed by atoms with Crippen LogP contribution in [-0.4, -0.2) is 78.1 Å². The third kappa shape index (κ3) is 8.43. The quantitative estimate of drug-likeness (QED) is 0.134. The van der Waals surface area contributed by atoms with Gasteiger partial charge in [0.2, 0.25) is 0 Å². The summed E-state index contributed by atoms with van der Waals surface area (Å²) in [6.07, 6.45) is 1.90. The largest absolute Gasteiger partial charge is 0.490 e. The first-order chi connectivity index (χ1) is 23.2. The predicted molar refractivity (Wildman–Crippen MR) is 184 cm³/mol. The lowest BCUT2D eigenvalue weighted by Gasteiger charge is -2.29. The number of thioether (sulfide) groups is 1. The number of carbonyl (C=O) groups excluding carboxylic acids is 3. The van der Waals surface area contributed by atoms with Gasteiger partial charge in [-0.25, -0.2) is 9.59 Å². The number of benzene rings is 3. The Morgan fingerprint density at radius 2 is 1.90 bits per heavy atom. The average molecular weight is 714 g/mol. The number of nitrogens with one attached hydrogen (secondary N) is 1. The molecule has 5 rings (SSSR count). The molecule has 0 unspecified atom stereocenters. The number of methoxy groups -OCH3 is 1. The zero-order valence-electron chi connectivity index (χ0n) is 26.3. The first-order valence-electron chi connectivity index (χ1n) is 15.1. The van der Waals surface area contributed by atoms with Gasteiger partial charge in [-0.3, -0.25) is 14.4 Å². The standard InChI is InChI=1S/C34H34Cl2N4O7S/c1-21-26(35)6-4-8-30(21)46-14-15-47-34(44)40-13-16-48-31-25(5-3-7-28(31)40)24-18-38-39(20-24)19-23-17-22(9-10-27(23)36)32(42)37-12-11-29(41)33(43)45-2/h3-10,17-18,20,29,41H,11-16,19H2,1-2H3,(H,37,42)/t29-/m0/s1. The number of aliphatic hydroxyl groups excluding tert-OH is 1. The van der Waals surface area contributed by atoms with Gasteiger partial charge >= 0.3 is 12.1 Å². The van der Waals surface area contributed by atoms with E-state index in [1.165, 1.54) is 7.11 Å². The number of rotatable bonds is 12. The van der Waals surface area contributed by atoms with E-state index in [1.54, 1.807) is 51.8 Å². The van der Waals surface area contributed by atoms with Gasteiger partial charge in [-0.2, -0.15) is 5.10 Å². The molecule has 0 radical (unpaired) electrons. The number of ether oxygens (including phenoxy) is 3. The Kier molecular flexibility index (Phi) is 11.9. The third-order valence-electron chi connectivity index (χ3n) is 7.61. The minimum absolute atomic E-state index is 0.0227. The van der Waals surface area contributed by atoms with Gasteiger partial charge in [0.1, 0.15) is 19.0 Å². The topological polar surface area (TPSA) is 132 Å². The molecule has 1 atom stereocenters. The van der Waals surface area contributed by atoms with Crippen molar-refractivity contribution >= 4 is 58.6 Å². The zero-order valence-corrected chi connectivity index (χ0v) is 28.6. The van der Waals surface area contributed by atoms with E-state index < -0.39 is 18.2 Å². The van der Waals surface area contributed by atoms with Crippen molar-refractivity contribution < 1.29 is 33.7 Å². The van der Waals surface area contributed by atoms with Crippen molar-refractivity contribution in [1.82, 2.24) is 15.1 Å². The number of hydrogen-bond acceptors (Lipinski definition) is 9. The fraction of sp³-hybridized carbons (Fsp3) is 0.294. The van der Waals surface area contributed by atoms with Crippen LogP contribution >= 0.6 is 35.0 Å². The predicted octanol–water partition coefficient (Wildman–Crippen LogP) is 6.00. The van der Waals surface area contributed by atoms with Gasteiger partial charge in [0.05, 0.1) is 25.5 Å². The molecule has 0 spiro atoms. The number of carbonyl (C=O) groups is 3. The molecule has 2 N–H and O–H groups in total. The maximum atomic E-state index is 13.1. The molecule has 1 aromatic heterocycles. The Labute approximate surface area is 292 Å². The van der Waals surface area contributed by atoms with Crippen molar-refractivity contribution in [2.75, 3.05) is 44.1 Å². The highest BCUT2D eigenvalue weighted by Crippen LogP contribution is 2.42. The van der Waals surface area contributed by atoms with E-state index in [-0.39, 0.29) is 32.1 Å². The van der Waals surface area contributed by atoms with Crippen molar-refractivity contribution in [3.05, 3.63) is 93.7 Å². The number of aromatic nitrogens is 2. The van der Waals surface area contributed by atoms with Crippen molar-refractivity contribution in [3.8, 4) is 16.9 Å². The Balaban J connectivity index is 1.22. The fourth-order valence-electron chi connectivity index (χ4n) is 5.05. The van der Waals surface area contributed by atoms with Crippen molar-refractivity contribution in [2.24, 2.45) is 0 Å². The molecule has 1 aliphatic rings. The van der Waals surface area contributed by atoms with E-state index >= 15 is 0 Å². The summed E-state index contributed by atoms with van der Waals surface area (Å²) in [6.45, 7) is 3.04. The minimum atomic E-state index is -1.31. The maximum absolute atomic E-state index is 13.1. The summed E-state index contributed by atoms with van der Waals surface area (Å²) in [5.74, 6) is 0.214. The number of aliphatic hydroxyl groups is 1. The highest BCUT2D eigenvalue weighted by molar-refractivity contribution is 7.99. The van der Waals surface area contributed by atoms with Crippen molar-refractivity contribution in [1.29, 1.82) is 0 Å². The Morgan fingerprint density at radius 3 is 2.71 bits per heavy atom. The van der Waals surface area contributed by atoms with Crippen LogP contribution in [-0.2, 0) is 20.8 Å². The van der Waals surface area contributed by atoms with Crippen LogP contribution < -0.4 is 15.0 Å². The summed E-state index contributed by atoms with van der Waals surface area (Å²) in [5, 5.41) is 18.0. The van der Waals surface area contributed by atoms with E-state index in [0.717, 1.165) is 27.3 Å². The van der Waals surface area contributed by atoms with Crippen LogP contribution in [0.3, 0.4) is 0 Å². The molecular formula is C34H34Cl2N4O7S. The summed E-state index contributed by atoms with van der Waals surface area (Å²) in [5.41, 5.74) is 4.43. The van der Waals surface area contributed by atoms with Crippen molar-refractivity contribution in [2.45, 2.75) is 30.9 Å². The highest BCUT2D eigenvalue weighted by atomic mass is 35.5. The number of hydrogen-bond donors (Lipinski definition) is 2. The molecule has 14 heteroatoms. The summed E-state index contributed by atoms with van der Waals surface area (Å²) in [6, 6.07) is 16.1. The molecule has 0 fully saturated rings. The molecule has 1 aliphatic heterocycles. The molecule has 48 heavy (non-hydrogen) atoms. The molecule has 0 saturated heterocycles. The summed E-state index contributed by atoms with van der Waals surface area (Å²) >= 11 is 14.3. The molecule has 11 nitrogen and oxygen atoms in total.